The van der Waals surface area contributed by atoms with Crippen molar-refractivity contribution in [2.75, 3.05) is 13.1 Å². The molecule has 1 aromatic carbocycles. The lowest BCUT2D eigenvalue weighted by Gasteiger charge is -2.27. The first-order chi connectivity index (χ1) is 11.2. The fourth-order valence-electron chi connectivity index (χ4n) is 2.23. The van der Waals surface area contributed by atoms with E-state index < -0.39 is 18.3 Å². The number of aliphatic hydroxyl groups excluding tert-OH is 1. The molecular weight excluding hydrogens is 304 g/mol. The van der Waals surface area contributed by atoms with Gasteiger partial charge in [-0.2, -0.15) is 0 Å². The van der Waals surface area contributed by atoms with E-state index >= 15 is 0 Å². The average Bonchev–Trinajstić information content (AvgIpc) is 2.45. The first-order valence-electron chi connectivity index (χ1n) is 8.59. The maximum Gasteiger partial charge on any atom is 0.407 e. The molecule has 0 saturated heterocycles. The number of nitrogens with one attached hydrogen (secondary N) is 2. The molecule has 2 atom stereocenters. The monoisotopic (exact) mass is 336 g/mol. The Morgan fingerprint density at radius 3 is 2.33 bits per heavy atom. The molecule has 0 radical (unpaired) electrons. The van der Waals surface area contributed by atoms with Crippen molar-refractivity contribution in [2.24, 2.45) is 5.92 Å². The molecule has 1 aromatic rings. The van der Waals surface area contributed by atoms with Gasteiger partial charge in [0.05, 0.1) is 0 Å². The highest BCUT2D eigenvalue weighted by Crippen LogP contribution is 2.11. The lowest BCUT2D eigenvalue weighted by atomic mass is 10.0. The van der Waals surface area contributed by atoms with E-state index in [0.717, 1.165) is 12.1 Å². The Labute approximate surface area is 145 Å². The van der Waals surface area contributed by atoms with Crippen molar-refractivity contribution in [3.05, 3.63) is 35.9 Å². The SMILES string of the molecule is CC(C)CNC[C@H](O)[C@@H](Cc1ccccc1)OC(=O)NC(C)(C)C. The third kappa shape index (κ3) is 8.89. The van der Waals surface area contributed by atoms with Gasteiger partial charge in [-0.25, -0.2) is 4.79 Å². The fraction of sp³-hybridized carbons (Fsp3) is 0.632. The number of ether oxygens (including phenoxy) is 1. The molecule has 0 aliphatic carbocycles. The molecule has 3 N–H and O–H groups in total. The molecular formula is C19H32N2O3. The van der Waals surface area contributed by atoms with Gasteiger partial charge >= 0.3 is 6.09 Å². The summed E-state index contributed by atoms with van der Waals surface area (Å²) in [4.78, 5) is 12.1. The second kappa shape index (κ2) is 9.64. The van der Waals surface area contributed by atoms with Crippen LogP contribution in [0.4, 0.5) is 4.79 Å². The summed E-state index contributed by atoms with van der Waals surface area (Å²) in [6.07, 6.45) is -1.40. The number of carbonyl (C=O) groups excluding carboxylic acids is 1. The number of carbonyl (C=O) groups is 1. The van der Waals surface area contributed by atoms with E-state index in [4.69, 9.17) is 4.74 Å². The first-order valence-corrected chi connectivity index (χ1v) is 8.59. The topological polar surface area (TPSA) is 70.6 Å². The molecule has 0 aliphatic heterocycles. The lowest BCUT2D eigenvalue weighted by molar-refractivity contribution is 0.00138. The zero-order valence-corrected chi connectivity index (χ0v) is 15.5. The van der Waals surface area contributed by atoms with Crippen molar-refractivity contribution in [3.8, 4) is 0 Å². The first kappa shape index (κ1) is 20.5. The van der Waals surface area contributed by atoms with Crippen LogP contribution in [0.25, 0.3) is 0 Å². The van der Waals surface area contributed by atoms with Crippen LogP contribution in [-0.4, -0.2) is 42.0 Å². The Hall–Kier alpha value is -1.59. The number of hydrogen-bond acceptors (Lipinski definition) is 4. The lowest BCUT2D eigenvalue weighted by Crippen LogP contribution is -2.46. The third-order valence-electron chi connectivity index (χ3n) is 3.35. The second-order valence-corrected chi connectivity index (χ2v) is 7.63. The Balaban J connectivity index is 2.69. The number of hydrogen-bond donors (Lipinski definition) is 3. The summed E-state index contributed by atoms with van der Waals surface area (Å²) in [5.74, 6) is 0.495. The quantitative estimate of drug-likeness (QED) is 0.683. The molecule has 0 spiro atoms. The van der Waals surface area contributed by atoms with Crippen molar-refractivity contribution >= 4 is 6.09 Å². The van der Waals surface area contributed by atoms with Gasteiger partial charge in [0.1, 0.15) is 12.2 Å². The Morgan fingerprint density at radius 1 is 1.17 bits per heavy atom. The minimum atomic E-state index is -0.769. The summed E-state index contributed by atoms with van der Waals surface area (Å²) >= 11 is 0. The number of alkyl carbamates (subject to hydrolysis) is 1. The Bertz CT molecular complexity index is 483. The zero-order chi connectivity index (χ0) is 18.2. The van der Waals surface area contributed by atoms with Crippen molar-refractivity contribution in [1.82, 2.24) is 10.6 Å². The van der Waals surface area contributed by atoms with Gasteiger partial charge in [-0.1, -0.05) is 44.2 Å². The van der Waals surface area contributed by atoms with E-state index in [1.807, 2.05) is 51.1 Å². The predicted octanol–water partition coefficient (Wildman–Crippen LogP) is 2.73. The van der Waals surface area contributed by atoms with E-state index in [-0.39, 0.29) is 5.54 Å². The number of rotatable bonds is 8. The molecule has 0 aliphatic rings. The van der Waals surface area contributed by atoms with Gasteiger partial charge in [0.25, 0.3) is 0 Å². The summed E-state index contributed by atoms with van der Waals surface area (Å²) < 4.78 is 5.51. The van der Waals surface area contributed by atoms with Crippen molar-refractivity contribution in [2.45, 2.75) is 58.8 Å². The molecule has 5 heteroatoms. The van der Waals surface area contributed by atoms with Crippen LogP contribution >= 0.6 is 0 Å². The molecule has 5 nitrogen and oxygen atoms in total. The third-order valence-corrected chi connectivity index (χ3v) is 3.35. The minimum Gasteiger partial charge on any atom is -0.443 e. The van der Waals surface area contributed by atoms with E-state index in [1.54, 1.807) is 0 Å². The summed E-state index contributed by atoms with van der Waals surface area (Å²) in [7, 11) is 0. The molecule has 136 valence electrons. The fourth-order valence-corrected chi connectivity index (χ4v) is 2.23. The summed E-state index contributed by atoms with van der Waals surface area (Å²) in [6.45, 7) is 11.1. The van der Waals surface area contributed by atoms with Gasteiger partial charge in [0.15, 0.2) is 0 Å². The van der Waals surface area contributed by atoms with Gasteiger partial charge in [-0.05, 0) is 38.8 Å². The van der Waals surface area contributed by atoms with Crippen LogP contribution in [0.15, 0.2) is 30.3 Å². The van der Waals surface area contributed by atoms with Crippen LogP contribution in [0, 0.1) is 5.92 Å². The maximum absolute atomic E-state index is 12.1. The second-order valence-electron chi connectivity index (χ2n) is 7.63. The van der Waals surface area contributed by atoms with Gasteiger partial charge < -0.3 is 20.5 Å². The van der Waals surface area contributed by atoms with E-state index in [2.05, 4.69) is 24.5 Å². The predicted molar refractivity (Wildman–Crippen MR) is 97.0 cm³/mol. The van der Waals surface area contributed by atoms with Crippen LogP contribution in [-0.2, 0) is 11.2 Å². The van der Waals surface area contributed by atoms with E-state index in [1.165, 1.54) is 0 Å². The van der Waals surface area contributed by atoms with E-state index in [9.17, 15) is 9.90 Å². The van der Waals surface area contributed by atoms with Gasteiger partial charge in [-0.3, -0.25) is 0 Å². The molecule has 0 unspecified atom stereocenters. The molecule has 0 bridgehead atoms. The summed E-state index contributed by atoms with van der Waals surface area (Å²) in [5.41, 5.74) is 0.642. The highest BCUT2D eigenvalue weighted by Gasteiger charge is 2.25. The Morgan fingerprint density at radius 2 is 1.79 bits per heavy atom. The summed E-state index contributed by atoms with van der Waals surface area (Å²) in [5, 5.41) is 16.4. The van der Waals surface area contributed by atoms with Crippen molar-refractivity contribution in [3.63, 3.8) is 0 Å². The van der Waals surface area contributed by atoms with Gasteiger partial charge in [-0.15, -0.1) is 0 Å². The molecule has 1 rings (SSSR count). The van der Waals surface area contributed by atoms with Crippen molar-refractivity contribution in [1.29, 1.82) is 0 Å². The van der Waals surface area contributed by atoms with Crippen LogP contribution in [0.1, 0.15) is 40.2 Å². The Kier molecular flexibility index (Phi) is 8.22. The van der Waals surface area contributed by atoms with Crippen LogP contribution in [0.2, 0.25) is 0 Å². The van der Waals surface area contributed by atoms with Crippen LogP contribution < -0.4 is 10.6 Å². The number of amides is 1. The molecule has 0 saturated carbocycles. The molecule has 0 fully saturated rings. The highest BCUT2D eigenvalue weighted by atomic mass is 16.6. The molecule has 0 heterocycles. The van der Waals surface area contributed by atoms with Crippen LogP contribution in [0.3, 0.4) is 0 Å². The normalized spacial score (nSPS) is 14.3. The molecule has 1 amide bonds. The van der Waals surface area contributed by atoms with Gasteiger partial charge in [0.2, 0.25) is 0 Å². The molecule has 0 aromatic heterocycles. The van der Waals surface area contributed by atoms with Crippen LogP contribution in [0.5, 0.6) is 0 Å². The smallest absolute Gasteiger partial charge is 0.407 e. The summed E-state index contributed by atoms with van der Waals surface area (Å²) in [6, 6.07) is 9.74. The standard InChI is InChI=1S/C19H32N2O3/c1-14(2)12-20-13-16(22)17(11-15-9-7-6-8-10-15)24-18(23)21-19(3,4)5/h6-10,14,16-17,20,22H,11-13H2,1-5H3,(H,21,23)/t16-,17+/m0/s1. The number of benzene rings is 1. The largest absolute Gasteiger partial charge is 0.443 e. The zero-order valence-electron chi connectivity index (χ0n) is 15.5. The average molecular weight is 336 g/mol. The molecule has 24 heavy (non-hydrogen) atoms. The van der Waals surface area contributed by atoms with Crippen molar-refractivity contribution < 1.29 is 14.6 Å². The maximum atomic E-state index is 12.1. The van der Waals surface area contributed by atoms with E-state index in [0.29, 0.717) is 18.9 Å². The number of aliphatic hydroxyl groups is 1. The highest BCUT2D eigenvalue weighted by molar-refractivity contribution is 5.68. The minimum absolute atomic E-state index is 0.380. The van der Waals surface area contributed by atoms with Gasteiger partial charge in [0, 0.05) is 18.5 Å².